The molecule has 1 aromatic heterocycles. The van der Waals surface area contributed by atoms with Crippen molar-refractivity contribution in [3.05, 3.63) is 18.5 Å². The van der Waals surface area contributed by atoms with Gasteiger partial charge in [-0.3, -0.25) is 4.79 Å². The highest BCUT2D eigenvalue weighted by molar-refractivity contribution is 5.79. The molecule has 0 radical (unpaired) electrons. The Morgan fingerprint density at radius 1 is 1.47 bits per heavy atom. The number of nitrogens with one attached hydrogen (secondary N) is 1. The van der Waals surface area contributed by atoms with E-state index < -0.39 is 0 Å². The van der Waals surface area contributed by atoms with Gasteiger partial charge < -0.3 is 10.2 Å². The molecule has 0 saturated carbocycles. The zero-order chi connectivity index (χ0) is 13.7. The quantitative estimate of drug-likeness (QED) is 0.892. The molecule has 0 aliphatic carbocycles. The maximum absolute atomic E-state index is 12.1. The summed E-state index contributed by atoms with van der Waals surface area (Å²) in [6.07, 6.45) is 5.45. The summed E-state index contributed by atoms with van der Waals surface area (Å²) in [6, 6.07) is 1.81. The van der Waals surface area contributed by atoms with Crippen molar-refractivity contribution < 1.29 is 4.79 Å². The number of amides is 1. The van der Waals surface area contributed by atoms with E-state index in [4.69, 9.17) is 0 Å². The Kier molecular flexibility index (Phi) is 4.71. The number of carbonyl (C=O) groups is 1. The molecule has 1 saturated heterocycles. The number of rotatable bonds is 4. The van der Waals surface area contributed by atoms with Crippen molar-refractivity contribution in [1.82, 2.24) is 15.3 Å². The van der Waals surface area contributed by atoms with Gasteiger partial charge in [-0.15, -0.1) is 0 Å². The molecule has 1 fully saturated rings. The molecule has 2 rings (SSSR count). The van der Waals surface area contributed by atoms with Gasteiger partial charge in [-0.25, -0.2) is 9.97 Å². The fourth-order valence-electron chi connectivity index (χ4n) is 2.28. The van der Waals surface area contributed by atoms with Crippen molar-refractivity contribution in [2.75, 3.05) is 24.5 Å². The molecule has 2 heterocycles. The molecule has 1 atom stereocenters. The lowest BCUT2D eigenvalue weighted by atomic mass is 9.97. The van der Waals surface area contributed by atoms with Crippen LogP contribution in [0.2, 0.25) is 0 Å². The van der Waals surface area contributed by atoms with Crippen molar-refractivity contribution in [2.24, 2.45) is 11.8 Å². The van der Waals surface area contributed by atoms with E-state index in [1.807, 2.05) is 0 Å². The second-order valence-electron chi connectivity index (χ2n) is 5.47. The molecule has 0 aromatic carbocycles. The second-order valence-corrected chi connectivity index (χ2v) is 5.47. The zero-order valence-corrected chi connectivity index (χ0v) is 11.7. The summed E-state index contributed by atoms with van der Waals surface area (Å²) in [5.74, 6) is 1.43. The van der Waals surface area contributed by atoms with Gasteiger partial charge in [0, 0.05) is 32.0 Å². The van der Waals surface area contributed by atoms with Crippen LogP contribution in [0, 0.1) is 11.8 Å². The first-order valence-corrected chi connectivity index (χ1v) is 6.96. The summed E-state index contributed by atoms with van der Waals surface area (Å²) in [4.78, 5) is 22.7. The summed E-state index contributed by atoms with van der Waals surface area (Å²) < 4.78 is 0. The maximum atomic E-state index is 12.1. The largest absolute Gasteiger partial charge is 0.356 e. The molecule has 0 spiro atoms. The highest BCUT2D eigenvalue weighted by atomic mass is 16.1. The van der Waals surface area contributed by atoms with Gasteiger partial charge >= 0.3 is 0 Å². The molecule has 1 N–H and O–H groups in total. The van der Waals surface area contributed by atoms with Crippen LogP contribution >= 0.6 is 0 Å². The van der Waals surface area contributed by atoms with Crippen LogP contribution in [0.25, 0.3) is 0 Å². The van der Waals surface area contributed by atoms with E-state index in [1.54, 1.807) is 18.5 Å². The average molecular weight is 262 g/mol. The molecule has 104 valence electrons. The number of hydrogen-bond acceptors (Lipinski definition) is 4. The van der Waals surface area contributed by atoms with E-state index >= 15 is 0 Å². The van der Waals surface area contributed by atoms with Gasteiger partial charge in [-0.05, 0) is 24.8 Å². The van der Waals surface area contributed by atoms with E-state index in [9.17, 15) is 4.79 Å². The summed E-state index contributed by atoms with van der Waals surface area (Å²) >= 11 is 0. The molecule has 0 bridgehead atoms. The Bertz CT molecular complexity index is 407. The van der Waals surface area contributed by atoms with Crippen molar-refractivity contribution in [3.63, 3.8) is 0 Å². The van der Waals surface area contributed by atoms with Gasteiger partial charge in [0.2, 0.25) is 11.9 Å². The third-order valence-electron chi connectivity index (χ3n) is 3.31. The lowest BCUT2D eigenvalue weighted by Gasteiger charge is -2.32. The summed E-state index contributed by atoms with van der Waals surface area (Å²) in [5, 5.41) is 3.02. The van der Waals surface area contributed by atoms with Crippen LogP contribution in [0.3, 0.4) is 0 Å². The van der Waals surface area contributed by atoms with Crippen molar-refractivity contribution in [3.8, 4) is 0 Å². The minimum absolute atomic E-state index is 0.0521. The predicted molar refractivity (Wildman–Crippen MR) is 74.8 cm³/mol. The third kappa shape index (κ3) is 3.91. The van der Waals surface area contributed by atoms with Crippen LogP contribution in [0.5, 0.6) is 0 Å². The van der Waals surface area contributed by atoms with Crippen LogP contribution in [-0.4, -0.2) is 35.5 Å². The predicted octanol–water partition coefficient (Wildman–Crippen LogP) is 1.47. The number of piperidine rings is 1. The first kappa shape index (κ1) is 13.8. The summed E-state index contributed by atoms with van der Waals surface area (Å²) in [5.41, 5.74) is 0. The fraction of sp³-hybridized carbons (Fsp3) is 0.643. The summed E-state index contributed by atoms with van der Waals surface area (Å²) in [7, 11) is 0. The van der Waals surface area contributed by atoms with E-state index in [0.717, 1.165) is 31.9 Å². The lowest BCUT2D eigenvalue weighted by molar-refractivity contribution is -0.125. The topological polar surface area (TPSA) is 58.1 Å². The standard InChI is InChI=1S/C14H22N4O/c1-11(2)9-17-13(19)12-5-3-8-18(10-12)14-15-6-4-7-16-14/h4,6-7,11-12H,3,5,8-10H2,1-2H3,(H,17,19)/t12-/m0/s1. The van der Waals surface area contributed by atoms with Gasteiger partial charge in [-0.1, -0.05) is 13.8 Å². The first-order chi connectivity index (χ1) is 9.16. The maximum Gasteiger partial charge on any atom is 0.225 e. The normalized spacial score (nSPS) is 19.5. The molecule has 1 aliphatic rings. The van der Waals surface area contributed by atoms with Crippen molar-refractivity contribution >= 4 is 11.9 Å². The van der Waals surface area contributed by atoms with Crippen LogP contribution in [0.4, 0.5) is 5.95 Å². The Balaban J connectivity index is 1.92. The van der Waals surface area contributed by atoms with E-state index in [-0.39, 0.29) is 11.8 Å². The number of aromatic nitrogens is 2. The van der Waals surface area contributed by atoms with Gasteiger partial charge in [0.15, 0.2) is 0 Å². The van der Waals surface area contributed by atoms with Gasteiger partial charge in [-0.2, -0.15) is 0 Å². The molecule has 1 amide bonds. The smallest absolute Gasteiger partial charge is 0.225 e. The molecule has 1 aliphatic heterocycles. The third-order valence-corrected chi connectivity index (χ3v) is 3.31. The molecule has 1 aromatic rings. The molecule has 5 heteroatoms. The molecular weight excluding hydrogens is 240 g/mol. The SMILES string of the molecule is CC(C)CNC(=O)[C@H]1CCCN(c2ncccn2)C1. The minimum atomic E-state index is 0.0521. The summed E-state index contributed by atoms with van der Waals surface area (Å²) in [6.45, 7) is 6.60. The van der Waals surface area contributed by atoms with E-state index in [1.165, 1.54) is 0 Å². The minimum Gasteiger partial charge on any atom is -0.356 e. The monoisotopic (exact) mass is 262 g/mol. The van der Waals surface area contributed by atoms with Gasteiger partial charge in [0.25, 0.3) is 0 Å². The van der Waals surface area contributed by atoms with Crippen molar-refractivity contribution in [2.45, 2.75) is 26.7 Å². The van der Waals surface area contributed by atoms with Crippen LogP contribution in [0.1, 0.15) is 26.7 Å². The number of hydrogen-bond donors (Lipinski definition) is 1. The second kappa shape index (κ2) is 6.50. The van der Waals surface area contributed by atoms with Crippen LogP contribution in [0.15, 0.2) is 18.5 Å². The highest BCUT2D eigenvalue weighted by Crippen LogP contribution is 2.20. The van der Waals surface area contributed by atoms with E-state index in [0.29, 0.717) is 12.5 Å². The Hall–Kier alpha value is -1.65. The Morgan fingerprint density at radius 2 is 2.21 bits per heavy atom. The highest BCUT2D eigenvalue weighted by Gasteiger charge is 2.26. The Labute approximate surface area is 114 Å². The fourth-order valence-corrected chi connectivity index (χ4v) is 2.28. The van der Waals surface area contributed by atoms with Crippen molar-refractivity contribution in [1.29, 1.82) is 0 Å². The molecule has 19 heavy (non-hydrogen) atoms. The van der Waals surface area contributed by atoms with Crippen LogP contribution in [-0.2, 0) is 4.79 Å². The number of anilines is 1. The average Bonchev–Trinajstić information content (AvgIpc) is 2.46. The molecule has 0 unspecified atom stereocenters. The van der Waals surface area contributed by atoms with E-state index in [2.05, 4.69) is 34.0 Å². The van der Waals surface area contributed by atoms with Gasteiger partial charge in [0.1, 0.15) is 0 Å². The first-order valence-electron chi connectivity index (χ1n) is 6.96. The number of carbonyl (C=O) groups excluding carboxylic acids is 1. The Morgan fingerprint density at radius 3 is 2.89 bits per heavy atom. The number of nitrogens with zero attached hydrogens (tertiary/aromatic N) is 3. The molecule has 5 nitrogen and oxygen atoms in total. The van der Waals surface area contributed by atoms with Gasteiger partial charge in [0.05, 0.1) is 5.92 Å². The zero-order valence-electron chi connectivity index (χ0n) is 11.7. The van der Waals surface area contributed by atoms with Crippen LogP contribution < -0.4 is 10.2 Å². The molecular formula is C14H22N4O. The lowest BCUT2D eigenvalue weighted by Crippen LogP contribution is -2.44.